The average molecular weight is 1380 g/mol. The maximum Gasteiger partial charge on any atom is 0.235 e. The Balaban J connectivity index is 0.000000134. The largest absolute Gasteiger partial charge is 0.309 e. The summed E-state index contributed by atoms with van der Waals surface area (Å²) in [6.07, 6.45) is 0. The summed E-state index contributed by atoms with van der Waals surface area (Å²) in [5, 5.41) is 17.4. The van der Waals surface area contributed by atoms with Gasteiger partial charge in [-0.3, -0.25) is 9.13 Å². The summed E-state index contributed by atoms with van der Waals surface area (Å²) < 4.78 is 9.31. The number of nitrogens with zero attached hydrogens (tertiary/aromatic N) is 8. The molecule has 0 bridgehead atoms. The van der Waals surface area contributed by atoms with Crippen molar-refractivity contribution in [2.75, 3.05) is 0 Å². The van der Waals surface area contributed by atoms with Crippen molar-refractivity contribution >= 4 is 120 Å². The Morgan fingerprint density at radius 1 is 0.176 bits per heavy atom. The van der Waals surface area contributed by atoms with Crippen molar-refractivity contribution in [3.05, 3.63) is 376 Å². The lowest BCUT2D eigenvalue weighted by atomic mass is 9.94. The van der Waals surface area contributed by atoms with E-state index < -0.39 is 0 Å². The molecule has 23 rings (SSSR count). The van der Waals surface area contributed by atoms with Crippen molar-refractivity contribution in [1.29, 1.82) is 0 Å². The summed E-state index contributed by atoms with van der Waals surface area (Å²) in [6.45, 7) is 0. The van der Waals surface area contributed by atoms with Crippen LogP contribution < -0.4 is 0 Å². The summed E-state index contributed by atoms with van der Waals surface area (Å²) >= 11 is 0. The van der Waals surface area contributed by atoms with Gasteiger partial charge in [0, 0.05) is 76.4 Å². The van der Waals surface area contributed by atoms with Crippen LogP contribution in [0.1, 0.15) is 0 Å². The molecule has 0 unspecified atom stereocenters. The second kappa shape index (κ2) is 24.5. The monoisotopic (exact) mass is 1370 g/mol. The standard InChI is InChI=1S/C52H32N4.C48H30N4/c1-3-14-34(15-4-1)43-32-44(35-16-5-2-6-17-35)54-52(53-43)56-46-22-10-9-21-40(46)42-31-37(26-29-47(42)56)38-28-30-49-51-41(38)27-25-36-19-12-24-48(50(36)51)55(49)45-23-11-18-33-13-7-8-20-39(33)45;1-4-13-31(14-5-1)40-30-41(32-15-6-2-7-16-32)50-48(49-40)52-42-21-11-10-20-37(42)39-29-34(24-27-43(39)52)36-26-28-45-47-38(36)25-23-33-17-12-22-44(46(33)47)51(45)35-18-8-3-9-19-35/h1-32H;1-30H. The summed E-state index contributed by atoms with van der Waals surface area (Å²) in [7, 11) is 0. The van der Waals surface area contributed by atoms with Gasteiger partial charge in [0.05, 0.1) is 72.6 Å². The molecule has 108 heavy (non-hydrogen) atoms. The predicted molar refractivity (Wildman–Crippen MR) is 449 cm³/mol. The van der Waals surface area contributed by atoms with Crippen LogP contribution in [0.15, 0.2) is 376 Å². The van der Waals surface area contributed by atoms with Gasteiger partial charge in [-0.05, 0) is 140 Å². The summed E-state index contributed by atoms with van der Waals surface area (Å²) in [4.78, 5) is 20.9. The maximum atomic E-state index is 5.24. The first kappa shape index (κ1) is 60.9. The first-order valence-electron chi connectivity index (χ1n) is 36.8. The van der Waals surface area contributed by atoms with Crippen LogP contribution in [0.3, 0.4) is 0 Å². The molecule has 0 saturated heterocycles. The lowest BCUT2D eigenvalue weighted by molar-refractivity contribution is 0.995. The molecule has 0 aliphatic carbocycles. The number of hydrogen-bond acceptors (Lipinski definition) is 4. The number of fused-ring (bicyclic) bond motifs is 7. The van der Waals surface area contributed by atoms with E-state index >= 15 is 0 Å². The number of rotatable bonds is 10. The molecule has 8 nitrogen and oxygen atoms in total. The highest BCUT2D eigenvalue weighted by Gasteiger charge is 2.25. The van der Waals surface area contributed by atoms with Gasteiger partial charge in [-0.2, -0.15) is 0 Å². The normalized spacial score (nSPS) is 11.9. The average Bonchev–Trinajstić information content (AvgIpc) is 1.55. The molecule has 0 aliphatic rings. The first-order chi connectivity index (χ1) is 53.6. The van der Waals surface area contributed by atoms with Gasteiger partial charge in [-0.15, -0.1) is 0 Å². The number of hydrogen-bond donors (Lipinski definition) is 0. The number of benzene rings is 17. The van der Waals surface area contributed by atoms with Gasteiger partial charge in [0.2, 0.25) is 11.9 Å². The molecular formula is C100H62N8. The van der Waals surface area contributed by atoms with Crippen molar-refractivity contribution < 1.29 is 0 Å². The van der Waals surface area contributed by atoms with Crippen LogP contribution in [-0.2, 0) is 0 Å². The molecule has 0 fully saturated rings. The summed E-state index contributed by atoms with van der Waals surface area (Å²) in [5.74, 6) is 1.30. The van der Waals surface area contributed by atoms with Crippen molar-refractivity contribution in [1.82, 2.24) is 38.2 Å². The third kappa shape index (κ3) is 9.64. The third-order valence-corrected chi connectivity index (χ3v) is 22.0. The minimum absolute atomic E-state index is 0.650. The molecule has 8 heteroatoms. The van der Waals surface area contributed by atoms with E-state index in [-0.39, 0.29) is 0 Å². The number of aromatic nitrogens is 8. The topological polar surface area (TPSA) is 71.3 Å². The Morgan fingerprint density at radius 3 is 0.991 bits per heavy atom. The minimum Gasteiger partial charge on any atom is -0.309 e. The van der Waals surface area contributed by atoms with E-state index in [1.165, 1.54) is 131 Å². The molecule has 502 valence electrons. The molecule has 0 N–H and O–H groups in total. The maximum absolute atomic E-state index is 5.24. The Bertz CT molecular complexity index is 7340. The second-order valence-corrected chi connectivity index (χ2v) is 28.0. The van der Waals surface area contributed by atoms with Crippen LogP contribution in [0.25, 0.3) is 210 Å². The van der Waals surface area contributed by atoms with Gasteiger partial charge in [-0.1, -0.05) is 285 Å². The Kier molecular flexibility index (Phi) is 13.8. The summed E-state index contributed by atoms with van der Waals surface area (Å²) in [6, 6.07) is 134. The van der Waals surface area contributed by atoms with E-state index in [1.54, 1.807) is 0 Å². The molecule has 6 aromatic heterocycles. The molecular weight excluding hydrogens is 1310 g/mol. The van der Waals surface area contributed by atoms with Crippen LogP contribution in [0.5, 0.6) is 0 Å². The zero-order valence-corrected chi connectivity index (χ0v) is 58.4. The lowest BCUT2D eigenvalue weighted by Crippen LogP contribution is -2.04. The second-order valence-electron chi connectivity index (χ2n) is 28.0. The molecule has 0 atom stereocenters. The van der Waals surface area contributed by atoms with Gasteiger partial charge >= 0.3 is 0 Å². The van der Waals surface area contributed by atoms with Crippen LogP contribution in [0, 0.1) is 0 Å². The van der Waals surface area contributed by atoms with Crippen molar-refractivity contribution in [2.24, 2.45) is 0 Å². The van der Waals surface area contributed by atoms with Gasteiger partial charge in [-0.25, -0.2) is 19.9 Å². The van der Waals surface area contributed by atoms with Crippen LogP contribution in [0.4, 0.5) is 0 Å². The number of para-hydroxylation sites is 3. The molecule has 23 aromatic rings. The molecule has 0 spiro atoms. The zero-order chi connectivity index (χ0) is 70.9. The predicted octanol–water partition coefficient (Wildman–Crippen LogP) is 25.7. The molecule has 0 saturated carbocycles. The summed E-state index contributed by atoms with van der Waals surface area (Å²) in [5.41, 5.74) is 24.1. The minimum atomic E-state index is 0.650. The van der Waals surface area contributed by atoms with Gasteiger partial charge in [0.1, 0.15) is 0 Å². The van der Waals surface area contributed by atoms with E-state index in [1.807, 2.05) is 24.3 Å². The fourth-order valence-electron chi connectivity index (χ4n) is 17.2. The van der Waals surface area contributed by atoms with Gasteiger partial charge < -0.3 is 9.13 Å². The SMILES string of the molecule is c1ccc(-c2cc(-c3ccccc3)nc(-n3c4ccccc4c4cc(-c5ccc6c7c5ccc5cccc(c57)n6-c5cccc6ccccc56)ccc43)n2)cc1.c1ccc(-c2cc(-c3ccccc3)nc(-n3c4ccccc4c4cc(-c5ccc6c7c5ccc5cccc(c57)n6-c5ccccc5)ccc43)n2)cc1. The van der Waals surface area contributed by atoms with Crippen LogP contribution >= 0.6 is 0 Å². The quantitative estimate of drug-likeness (QED) is 0.128. The van der Waals surface area contributed by atoms with Crippen molar-refractivity contribution in [3.63, 3.8) is 0 Å². The fraction of sp³-hybridized carbons (Fsp3) is 0. The third-order valence-electron chi connectivity index (χ3n) is 22.0. The van der Waals surface area contributed by atoms with Crippen LogP contribution in [0.2, 0.25) is 0 Å². The van der Waals surface area contributed by atoms with Crippen molar-refractivity contribution in [3.8, 4) is 90.6 Å². The van der Waals surface area contributed by atoms with Crippen LogP contribution in [-0.4, -0.2) is 38.2 Å². The van der Waals surface area contributed by atoms with E-state index in [0.717, 1.165) is 67.1 Å². The molecule has 0 amide bonds. The van der Waals surface area contributed by atoms with E-state index in [2.05, 4.69) is 370 Å². The molecule has 17 aromatic carbocycles. The molecule has 6 heterocycles. The highest BCUT2D eigenvalue weighted by atomic mass is 15.2. The molecule has 0 radical (unpaired) electrons. The van der Waals surface area contributed by atoms with E-state index in [9.17, 15) is 0 Å². The highest BCUT2D eigenvalue weighted by molar-refractivity contribution is 6.29. The van der Waals surface area contributed by atoms with Gasteiger partial charge in [0.25, 0.3) is 0 Å². The van der Waals surface area contributed by atoms with E-state index in [0.29, 0.717) is 11.9 Å². The first-order valence-corrected chi connectivity index (χ1v) is 36.8. The fourth-order valence-corrected chi connectivity index (χ4v) is 17.2. The Hall–Kier alpha value is -14.6. The van der Waals surface area contributed by atoms with E-state index in [4.69, 9.17) is 19.9 Å². The zero-order valence-electron chi connectivity index (χ0n) is 58.4. The highest BCUT2D eigenvalue weighted by Crippen LogP contribution is 2.47. The Labute approximate surface area is 620 Å². The Morgan fingerprint density at radius 2 is 0.519 bits per heavy atom. The smallest absolute Gasteiger partial charge is 0.235 e. The van der Waals surface area contributed by atoms with Gasteiger partial charge in [0.15, 0.2) is 0 Å². The van der Waals surface area contributed by atoms with Crippen molar-refractivity contribution in [2.45, 2.75) is 0 Å². The lowest BCUT2D eigenvalue weighted by Gasteiger charge is -2.13. The molecule has 0 aliphatic heterocycles.